The van der Waals surface area contributed by atoms with Crippen molar-refractivity contribution in [1.29, 1.82) is 0 Å². The standard InChI is InChI=1S/C20H25N3O3S/c1-14-2-5-20(19(24)10-14)27(25,26)23-12-15-3-4-18(11-16(15)13-23)22-17-6-8-21-9-7-17/h2-5,10-11,17,21-22,24H,6-9,12-13H2,1H3. The molecule has 0 saturated carbocycles. The van der Waals surface area contributed by atoms with E-state index >= 15 is 0 Å². The molecule has 0 atom stereocenters. The quantitative estimate of drug-likeness (QED) is 0.751. The Labute approximate surface area is 160 Å². The van der Waals surface area contributed by atoms with Crippen molar-refractivity contribution in [2.45, 2.75) is 43.8 Å². The lowest BCUT2D eigenvalue weighted by Gasteiger charge is -2.24. The van der Waals surface area contributed by atoms with E-state index in [1.165, 1.54) is 16.4 Å². The highest BCUT2D eigenvalue weighted by atomic mass is 32.2. The molecule has 7 heteroatoms. The first-order valence-corrected chi connectivity index (χ1v) is 10.8. The lowest BCUT2D eigenvalue weighted by molar-refractivity contribution is 0.419. The first-order chi connectivity index (χ1) is 12.9. The molecule has 1 saturated heterocycles. The third-order valence-corrected chi connectivity index (χ3v) is 7.18. The largest absolute Gasteiger partial charge is 0.507 e. The van der Waals surface area contributed by atoms with E-state index in [4.69, 9.17) is 0 Å². The van der Waals surface area contributed by atoms with Crippen LogP contribution in [0.1, 0.15) is 29.5 Å². The summed E-state index contributed by atoms with van der Waals surface area (Å²) < 4.78 is 27.4. The van der Waals surface area contributed by atoms with Crippen LogP contribution in [0, 0.1) is 6.92 Å². The van der Waals surface area contributed by atoms with Crippen molar-refractivity contribution < 1.29 is 13.5 Å². The minimum absolute atomic E-state index is 0.0334. The number of piperidine rings is 1. The minimum Gasteiger partial charge on any atom is -0.507 e. The van der Waals surface area contributed by atoms with Gasteiger partial charge in [-0.1, -0.05) is 12.1 Å². The summed E-state index contributed by atoms with van der Waals surface area (Å²) in [5.74, 6) is -0.195. The molecule has 0 radical (unpaired) electrons. The maximum absolute atomic E-state index is 13.0. The van der Waals surface area contributed by atoms with Gasteiger partial charge in [0.05, 0.1) is 0 Å². The van der Waals surface area contributed by atoms with Gasteiger partial charge in [0.15, 0.2) is 0 Å². The zero-order valence-corrected chi connectivity index (χ0v) is 16.2. The van der Waals surface area contributed by atoms with E-state index < -0.39 is 10.0 Å². The zero-order chi connectivity index (χ0) is 19.0. The van der Waals surface area contributed by atoms with Crippen LogP contribution in [0.4, 0.5) is 5.69 Å². The molecule has 0 bridgehead atoms. The Morgan fingerprint density at radius 1 is 1.07 bits per heavy atom. The number of rotatable bonds is 4. The van der Waals surface area contributed by atoms with Crippen LogP contribution in [-0.2, 0) is 23.1 Å². The number of hydrogen-bond donors (Lipinski definition) is 3. The van der Waals surface area contributed by atoms with Gasteiger partial charge in [-0.3, -0.25) is 0 Å². The van der Waals surface area contributed by atoms with E-state index in [0.29, 0.717) is 19.1 Å². The lowest BCUT2D eigenvalue weighted by atomic mass is 10.1. The van der Waals surface area contributed by atoms with Gasteiger partial charge in [0.25, 0.3) is 0 Å². The van der Waals surface area contributed by atoms with Crippen LogP contribution in [0.2, 0.25) is 0 Å². The molecule has 2 aliphatic rings. The van der Waals surface area contributed by atoms with E-state index in [1.807, 2.05) is 19.1 Å². The SMILES string of the molecule is Cc1ccc(S(=O)(=O)N2Cc3ccc(NC4CCNCC4)cc3C2)c(O)c1. The molecule has 3 N–H and O–H groups in total. The van der Waals surface area contributed by atoms with Crippen molar-refractivity contribution in [2.24, 2.45) is 0 Å². The summed E-state index contributed by atoms with van der Waals surface area (Å²) in [5.41, 5.74) is 3.90. The van der Waals surface area contributed by atoms with Crippen molar-refractivity contribution in [3.05, 3.63) is 53.1 Å². The van der Waals surface area contributed by atoms with Crippen molar-refractivity contribution in [2.75, 3.05) is 18.4 Å². The van der Waals surface area contributed by atoms with Crippen molar-refractivity contribution in [1.82, 2.24) is 9.62 Å². The van der Waals surface area contributed by atoms with Crippen LogP contribution in [0.25, 0.3) is 0 Å². The molecule has 144 valence electrons. The van der Waals surface area contributed by atoms with Gasteiger partial charge < -0.3 is 15.7 Å². The Hall–Kier alpha value is -2.09. The molecule has 0 aliphatic carbocycles. The Morgan fingerprint density at radius 2 is 1.81 bits per heavy atom. The highest BCUT2D eigenvalue weighted by Gasteiger charge is 2.32. The van der Waals surface area contributed by atoms with Crippen molar-refractivity contribution >= 4 is 15.7 Å². The molecule has 27 heavy (non-hydrogen) atoms. The predicted octanol–water partition coefficient (Wildman–Crippen LogP) is 2.57. The monoisotopic (exact) mass is 387 g/mol. The van der Waals surface area contributed by atoms with Gasteiger partial charge in [-0.2, -0.15) is 4.31 Å². The topological polar surface area (TPSA) is 81.7 Å². The first kappa shape index (κ1) is 18.3. The number of nitrogens with zero attached hydrogens (tertiary/aromatic N) is 1. The first-order valence-electron chi connectivity index (χ1n) is 9.32. The Kier molecular flexibility index (Phi) is 4.84. The summed E-state index contributed by atoms with van der Waals surface area (Å²) in [6.45, 7) is 4.52. The Bertz CT molecular complexity index is 953. The molecule has 0 spiro atoms. The van der Waals surface area contributed by atoms with Crippen molar-refractivity contribution in [3.8, 4) is 5.75 Å². The maximum Gasteiger partial charge on any atom is 0.247 e. The number of aryl methyl sites for hydroxylation is 1. The molecule has 2 aromatic carbocycles. The third-order valence-electron chi connectivity index (χ3n) is 5.34. The lowest BCUT2D eigenvalue weighted by Crippen LogP contribution is -2.35. The number of hydrogen-bond acceptors (Lipinski definition) is 5. The Balaban J connectivity index is 1.53. The van der Waals surface area contributed by atoms with E-state index in [0.717, 1.165) is 48.3 Å². The van der Waals surface area contributed by atoms with E-state index in [2.05, 4.69) is 16.7 Å². The molecule has 0 amide bonds. The Morgan fingerprint density at radius 3 is 2.56 bits per heavy atom. The average molecular weight is 388 g/mol. The van der Waals surface area contributed by atoms with Gasteiger partial charge in [0.2, 0.25) is 10.0 Å². The van der Waals surface area contributed by atoms with E-state index in [-0.39, 0.29) is 10.6 Å². The fourth-order valence-electron chi connectivity index (χ4n) is 3.81. The molecule has 4 rings (SSSR count). The second-order valence-corrected chi connectivity index (χ2v) is 9.30. The number of phenols is 1. The molecule has 1 fully saturated rings. The summed E-state index contributed by atoms with van der Waals surface area (Å²) in [7, 11) is -3.74. The van der Waals surface area contributed by atoms with Crippen LogP contribution in [0.5, 0.6) is 5.75 Å². The molecule has 2 heterocycles. The molecule has 0 aromatic heterocycles. The van der Waals surface area contributed by atoms with Gasteiger partial charge in [0.1, 0.15) is 10.6 Å². The van der Waals surface area contributed by atoms with Gasteiger partial charge in [-0.05, 0) is 73.8 Å². The molecule has 0 unspecified atom stereocenters. The van der Waals surface area contributed by atoms with Crippen LogP contribution >= 0.6 is 0 Å². The molecule has 2 aliphatic heterocycles. The van der Waals surface area contributed by atoms with E-state index in [1.54, 1.807) is 6.07 Å². The normalized spacial score (nSPS) is 18.4. The number of phenolic OH excluding ortho intramolecular Hbond substituents is 1. The van der Waals surface area contributed by atoms with Gasteiger partial charge in [-0.25, -0.2) is 8.42 Å². The smallest absolute Gasteiger partial charge is 0.247 e. The summed E-state index contributed by atoms with van der Waals surface area (Å²) in [5, 5.41) is 17.0. The minimum atomic E-state index is -3.74. The second kappa shape index (κ2) is 7.14. The number of fused-ring (bicyclic) bond motifs is 1. The van der Waals surface area contributed by atoms with E-state index in [9.17, 15) is 13.5 Å². The third kappa shape index (κ3) is 3.67. The predicted molar refractivity (Wildman–Crippen MR) is 105 cm³/mol. The van der Waals surface area contributed by atoms with Crippen molar-refractivity contribution in [3.63, 3.8) is 0 Å². The van der Waals surface area contributed by atoms with Gasteiger partial charge in [-0.15, -0.1) is 0 Å². The number of nitrogens with one attached hydrogen (secondary N) is 2. The average Bonchev–Trinajstić information content (AvgIpc) is 3.06. The highest BCUT2D eigenvalue weighted by molar-refractivity contribution is 7.89. The fourth-order valence-corrected chi connectivity index (χ4v) is 5.27. The zero-order valence-electron chi connectivity index (χ0n) is 15.4. The summed E-state index contributed by atoms with van der Waals surface area (Å²) in [4.78, 5) is -0.0334. The summed E-state index contributed by atoms with van der Waals surface area (Å²) >= 11 is 0. The maximum atomic E-state index is 13.0. The molecule has 6 nitrogen and oxygen atoms in total. The van der Waals surface area contributed by atoms with Crippen LogP contribution in [0.15, 0.2) is 41.3 Å². The summed E-state index contributed by atoms with van der Waals surface area (Å²) in [6.07, 6.45) is 2.18. The number of aromatic hydroxyl groups is 1. The molecule has 2 aromatic rings. The number of anilines is 1. The van der Waals surface area contributed by atoms with Gasteiger partial charge >= 0.3 is 0 Å². The summed E-state index contributed by atoms with van der Waals surface area (Å²) in [6, 6.07) is 11.2. The van der Waals surface area contributed by atoms with Crippen LogP contribution < -0.4 is 10.6 Å². The molecular weight excluding hydrogens is 362 g/mol. The number of benzene rings is 2. The highest BCUT2D eigenvalue weighted by Crippen LogP contribution is 2.34. The van der Waals surface area contributed by atoms with Crippen LogP contribution in [-0.4, -0.2) is 37.0 Å². The fraction of sp³-hybridized carbons (Fsp3) is 0.400. The van der Waals surface area contributed by atoms with Crippen LogP contribution in [0.3, 0.4) is 0 Å². The molecular formula is C20H25N3O3S. The second-order valence-electron chi connectivity index (χ2n) is 7.40. The number of sulfonamides is 1. The van der Waals surface area contributed by atoms with Gasteiger partial charge in [0, 0.05) is 24.8 Å².